The van der Waals surface area contributed by atoms with Crippen LogP contribution in [0.15, 0.2) is 36.7 Å². The molecule has 6 heteroatoms. The van der Waals surface area contributed by atoms with Crippen LogP contribution in [0.25, 0.3) is 0 Å². The molecular formula is C21H26N2O4. The van der Waals surface area contributed by atoms with E-state index in [1.807, 2.05) is 12.1 Å². The van der Waals surface area contributed by atoms with Crippen molar-refractivity contribution in [3.8, 4) is 0 Å². The van der Waals surface area contributed by atoms with Crippen molar-refractivity contribution < 1.29 is 19.1 Å². The van der Waals surface area contributed by atoms with Crippen LogP contribution >= 0.6 is 0 Å². The number of methoxy groups -OCH3 is 2. The number of pyridine rings is 2. The van der Waals surface area contributed by atoms with Crippen molar-refractivity contribution in [2.24, 2.45) is 0 Å². The lowest BCUT2D eigenvalue weighted by Crippen LogP contribution is -2.02. The standard InChI is InChI=1S/C21H26N2O4/c1-26-20(24)16-10-12-18(22-14-16)8-6-4-3-5-7-9-19-13-11-17(15-23-19)21(25)27-2/h10-15H,3-9H2,1-2H3. The Morgan fingerprint density at radius 1 is 0.704 bits per heavy atom. The summed E-state index contributed by atoms with van der Waals surface area (Å²) in [4.78, 5) is 31.3. The van der Waals surface area contributed by atoms with E-state index in [0.29, 0.717) is 11.1 Å². The molecule has 2 aromatic rings. The third-order valence-corrected chi connectivity index (χ3v) is 4.36. The number of hydrogen-bond acceptors (Lipinski definition) is 6. The van der Waals surface area contributed by atoms with E-state index in [1.54, 1.807) is 24.5 Å². The highest BCUT2D eigenvalue weighted by Crippen LogP contribution is 2.11. The summed E-state index contributed by atoms with van der Waals surface area (Å²) >= 11 is 0. The van der Waals surface area contributed by atoms with Crippen LogP contribution in [0.2, 0.25) is 0 Å². The number of hydrogen-bond donors (Lipinski definition) is 0. The number of carbonyl (C=O) groups is 2. The Morgan fingerprint density at radius 3 is 1.44 bits per heavy atom. The Labute approximate surface area is 159 Å². The lowest BCUT2D eigenvalue weighted by Gasteiger charge is -2.04. The fraction of sp³-hybridized carbons (Fsp3) is 0.429. The predicted molar refractivity (Wildman–Crippen MR) is 102 cm³/mol. The molecule has 0 atom stereocenters. The van der Waals surface area contributed by atoms with Crippen LogP contribution in [0.4, 0.5) is 0 Å². The summed E-state index contributed by atoms with van der Waals surface area (Å²) in [5.74, 6) is -0.716. The molecule has 2 heterocycles. The van der Waals surface area contributed by atoms with E-state index in [1.165, 1.54) is 20.6 Å². The third-order valence-electron chi connectivity index (χ3n) is 4.36. The molecular weight excluding hydrogens is 344 g/mol. The highest BCUT2D eigenvalue weighted by atomic mass is 16.5. The first-order valence-electron chi connectivity index (χ1n) is 9.20. The van der Waals surface area contributed by atoms with Gasteiger partial charge in [-0.3, -0.25) is 9.97 Å². The van der Waals surface area contributed by atoms with Gasteiger partial charge in [-0.05, 0) is 49.9 Å². The van der Waals surface area contributed by atoms with Crippen molar-refractivity contribution in [3.63, 3.8) is 0 Å². The molecule has 0 bridgehead atoms. The maximum absolute atomic E-state index is 11.4. The van der Waals surface area contributed by atoms with E-state index in [4.69, 9.17) is 0 Å². The molecule has 0 saturated heterocycles. The van der Waals surface area contributed by atoms with Gasteiger partial charge in [0.1, 0.15) is 0 Å². The average molecular weight is 370 g/mol. The molecule has 27 heavy (non-hydrogen) atoms. The Kier molecular flexibility index (Phi) is 8.42. The van der Waals surface area contributed by atoms with E-state index < -0.39 is 0 Å². The minimum atomic E-state index is -0.358. The number of aryl methyl sites for hydroxylation is 2. The molecule has 6 nitrogen and oxygen atoms in total. The van der Waals surface area contributed by atoms with Crippen molar-refractivity contribution in [1.29, 1.82) is 0 Å². The maximum atomic E-state index is 11.4. The monoisotopic (exact) mass is 370 g/mol. The first-order chi connectivity index (χ1) is 13.1. The fourth-order valence-corrected chi connectivity index (χ4v) is 2.76. The molecule has 0 aliphatic heterocycles. The van der Waals surface area contributed by atoms with Gasteiger partial charge in [-0.15, -0.1) is 0 Å². The largest absolute Gasteiger partial charge is 0.465 e. The van der Waals surface area contributed by atoms with Crippen LogP contribution in [0.5, 0.6) is 0 Å². The highest BCUT2D eigenvalue weighted by Gasteiger charge is 2.06. The van der Waals surface area contributed by atoms with E-state index >= 15 is 0 Å². The SMILES string of the molecule is COC(=O)c1ccc(CCCCCCCc2ccc(C(=O)OC)cn2)nc1. The Balaban J connectivity index is 1.58. The van der Waals surface area contributed by atoms with Gasteiger partial charge in [0.25, 0.3) is 0 Å². The Hall–Kier alpha value is -2.76. The van der Waals surface area contributed by atoms with Crippen LogP contribution < -0.4 is 0 Å². The molecule has 0 aliphatic carbocycles. The molecule has 0 amide bonds. The first kappa shape index (κ1) is 20.6. The van der Waals surface area contributed by atoms with E-state index in [0.717, 1.165) is 49.9 Å². The molecule has 0 aliphatic rings. The Morgan fingerprint density at radius 2 is 1.11 bits per heavy atom. The highest BCUT2D eigenvalue weighted by molar-refractivity contribution is 5.89. The number of ether oxygens (including phenoxy) is 2. The number of esters is 2. The smallest absolute Gasteiger partial charge is 0.339 e. The zero-order valence-corrected chi connectivity index (χ0v) is 15.9. The zero-order chi connectivity index (χ0) is 19.5. The van der Waals surface area contributed by atoms with E-state index in [-0.39, 0.29) is 11.9 Å². The van der Waals surface area contributed by atoms with Gasteiger partial charge in [0.05, 0.1) is 25.3 Å². The van der Waals surface area contributed by atoms with Gasteiger partial charge in [0.2, 0.25) is 0 Å². The molecule has 0 unspecified atom stereocenters. The van der Waals surface area contributed by atoms with Crippen LogP contribution in [0.3, 0.4) is 0 Å². The molecule has 144 valence electrons. The van der Waals surface area contributed by atoms with Crippen molar-refractivity contribution in [2.45, 2.75) is 44.9 Å². The lowest BCUT2D eigenvalue weighted by molar-refractivity contribution is 0.0591. The normalized spacial score (nSPS) is 10.4. The van der Waals surface area contributed by atoms with Crippen LogP contribution in [0.1, 0.15) is 64.2 Å². The quantitative estimate of drug-likeness (QED) is 0.468. The fourth-order valence-electron chi connectivity index (χ4n) is 2.76. The van der Waals surface area contributed by atoms with Crippen molar-refractivity contribution >= 4 is 11.9 Å². The molecule has 0 radical (unpaired) electrons. The molecule has 0 N–H and O–H groups in total. The third kappa shape index (κ3) is 6.81. The second kappa shape index (κ2) is 11.1. The molecule has 0 saturated carbocycles. The molecule has 2 aromatic heterocycles. The number of carbonyl (C=O) groups excluding carboxylic acids is 2. The summed E-state index contributed by atoms with van der Waals surface area (Å²) in [7, 11) is 2.73. The average Bonchev–Trinajstić information content (AvgIpc) is 2.72. The molecule has 0 fully saturated rings. The topological polar surface area (TPSA) is 78.4 Å². The molecule has 0 aromatic carbocycles. The summed E-state index contributed by atoms with van der Waals surface area (Å²) in [6.45, 7) is 0. The van der Waals surface area contributed by atoms with Crippen LogP contribution in [-0.2, 0) is 22.3 Å². The van der Waals surface area contributed by atoms with E-state index in [2.05, 4.69) is 19.4 Å². The maximum Gasteiger partial charge on any atom is 0.339 e. The minimum Gasteiger partial charge on any atom is -0.465 e. The second-order valence-electron chi connectivity index (χ2n) is 6.33. The summed E-state index contributed by atoms with van der Waals surface area (Å²) < 4.78 is 9.32. The molecule has 2 rings (SSSR count). The number of nitrogens with zero attached hydrogens (tertiary/aromatic N) is 2. The van der Waals surface area contributed by atoms with Gasteiger partial charge >= 0.3 is 11.9 Å². The molecule has 0 spiro atoms. The number of unbranched alkanes of at least 4 members (excludes halogenated alkanes) is 4. The first-order valence-corrected chi connectivity index (χ1v) is 9.20. The van der Waals surface area contributed by atoms with Crippen LogP contribution in [0, 0.1) is 0 Å². The van der Waals surface area contributed by atoms with Crippen molar-refractivity contribution in [2.75, 3.05) is 14.2 Å². The van der Waals surface area contributed by atoms with Gasteiger partial charge in [0, 0.05) is 23.8 Å². The van der Waals surface area contributed by atoms with Gasteiger partial charge in [0.15, 0.2) is 0 Å². The summed E-state index contributed by atoms with van der Waals surface area (Å²) in [5.41, 5.74) is 2.96. The van der Waals surface area contributed by atoms with Crippen molar-refractivity contribution in [1.82, 2.24) is 9.97 Å². The van der Waals surface area contributed by atoms with Gasteiger partial charge < -0.3 is 9.47 Å². The predicted octanol–water partition coefficient (Wildman–Crippen LogP) is 3.79. The lowest BCUT2D eigenvalue weighted by atomic mass is 10.1. The van der Waals surface area contributed by atoms with Gasteiger partial charge in [-0.1, -0.05) is 19.3 Å². The van der Waals surface area contributed by atoms with Gasteiger partial charge in [-0.25, -0.2) is 9.59 Å². The second-order valence-corrected chi connectivity index (χ2v) is 6.33. The van der Waals surface area contributed by atoms with Gasteiger partial charge in [-0.2, -0.15) is 0 Å². The number of rotatable bonds is 10. The summed E-state index contributed by atoms with van der Waals surface area (Å²) in [6.07, 6.45) is 10.6. The summed E-state index contributed by atoms with van der Waals surface area (Å²) in [5, 5.41) is 0. The Bertz CT molecular complexity index is 663. The van der Waals surface area contributed by atoms with Crippen molar-refractivity contribution in [3.05, 3.63) is 59.2 Å². The van der Waals surface area contributed by atoms with E-state index in [9.17, 15) is 9.59 Å². The summed E-state index contributed by atoms with van der Waals surface area (Å²) in [6, 6.07) is 7.28. The van der Waals surface area contributed by atoms with Crippen LogP contribution in [-0.4, -0.2) is 36.1 Å². The zero-order valence-electron chi connectivity index (χ0n) is 15.9. The minimum absolute atomic E-state index is 0.358. The number of aromatic nitrogens is 2.